The van der Waals surface area contributed by atoms with Crippen molar-refractivity contribution in [1.82, 2.24) is 9.88 Å². The highest BCUT2D eigenvalue weighted by molar-refractivity contribution is 5.92. The second kappa shape index (κ2) is 5.98. The molecular weight excluding hydrogens is 220 g/mol. The molecule has 0 fully saturated rings. The van der Waals surface area contributed by atoms with Crippen LogP contribution in [0.1, 0.15) is 29.4 Å². The average Bonchev–Trinajstić information content (AvgIpc) is 2.35. The van der Waals surface area contributed by atoms with E-state index in [4.69, 9.17) is 5.11 Å². The predicted octanol–water partition coefficient (Wildman–Crippen LogP) is 1.19. The summed E-state index contributed by atoms with van der Waals surface area (Å²) < 4.78 is 0. The number of carboxylic acid groups (broad SMARTS) is 1. The van der Waals surface area contributed by atoms with Gasteiger partial charge >= 0.3 is 5.97 Å². The third-order valence-corrected chi connectivity index (χ3v) is 2.46. The van der Waals surface area contributed by atoms with Crippen molar-refractivity contribution in [3.05, 3.63) is 29.6 Å². The fourth-order valence-electron chi connectivity index (χ4n) is 1.37. The van der Waals surface area contributed by atoms with Crippen molar-refractivity contribution in [2.45, 2.75) is 19.8 Å². The summed E-state index contributed by atoms with van der Waals surface area (Å²) in [6.07, 6.45) is 2.37. The van der Waals surface area contributed by atoms with E-state index >= 15 is 0 Å². The van der Waals surface area contributed by atoms with Crippen LogP contribution in [0.15, 0.2) is 18.3 Å². The largest absolute Gasteiger partial charge is 0.481 e. The molecule has 0 aliphatic heterocycles. The van der Waals surface area contributed by atoms with Gasteiger partial charge in [-0.15, -0.1) is 0 Å². The number of amides is 1. The van der Waals surface area contributed by atoms with E-state index in [1.807, 2.05) is 13.0 Å². The van der Waals surface area contributed by atoms with Crippen LogP contribution in [0.2, 0.25) is 0 Å². The number of hydrogen-bond donors (Lipinski definition) is 1. The van der Waals surface area contributed by atoms with Crippen LogP contribution in [0.25, 0.3) is 0 Å². The third kappa shape index (κ3) is 3.86. The lowest BCUT2D eigenvalue weighted by Crippen LogP contribution is -2.29. The molecule has 1 aromatic heterocycles. The molecule has 1 rings (SSSR count). The van der Waals surface area contributed by atoms with Gasteiger partial charge in [-0.3, -0.25) is 14.6 Å². The number of pyridine rings is 1. The van der Waals surface area contributed by atoms with Crippen molar-refractivity contribution < 1.29 is 14.7 Å². The quantitative estimate of drug-likeness (QED) is 0.833. The molecule has 0 aromatic carbocycles. The van der Waals surface area contributed by atoms with E-state index in [9.17, 15) is 9.59 Å². The van der Waals surface area contributed by atoms with Gasteiger partial charge in [-0.25, -0.2) is 0 Å². The first-order chi connectivity index (χ1) is 8.04. The number of hydrogen-bond acceptors (Lipinski definition) is 3. The van der Waals surface area contributed by atoms with Crippen molar-refractivity contribution in [2.24, 2.45) is 0 Å². The van der Waals surface area contributed by atoms with E-state index in [0.29, 0.717) is 5.69 Å². The first-order valence-corrected chi connectivity index (χ1v) is 5.46. The minimum Gasteiger partial charge on any atom is -0.481 e. The van der Waals surface area contributed by atoms with Gasteiger partial charge < -0.3 is 10.0 Å². The van der Waals surface area contributed by atoms with Crippen LogP contribution < -0.4 is 0 Å². The number of nitrogens with zero attached hydrogens (tertiary/aromatic N) is 2. The molecule has 92 valence electrons. The molecule has 0 atom stereocenters. The SMILES string of the molecule is CCc1ccnc(C(=O)N(C)CCC(=O)O)c1. The fourth-order valence-corrected chi connectivity index (χ4v) is 1.37. The zero-order valence-corrected chi connectivity index (χ0v) is 10.0. The van der Waals surface area contributed by atoms with Crippen LogP contribution in [-0.4, -0.2) is 40.5 Å². The fraction of sp³-hybridized carbons (Fsp3) is 0.417. The highest BCUT2D eigenvalue weighted by atomic mass is 16.4. The summed E-state index contributed by atoms with van der Waals surface area (Å²) in [6, 6.07) is 3.59. The zero-order valence-electron chi connectivity index (χ0n) is 10.0. The van der Waals surface area contributed by atoms with Crippen LogP contribution >= 0.6 is 0 Å². The highest BCUT2D eigenvalue weighted by Crippen LogP contribution is 2.05. The van der Waals surface area contributed by atoms with Gasteiger partial charge in [0.1, 0.15) is 5.69 Å². The van der Waals surface area contributed by atoms with Crippen molar-refractivity contribution in [3.63, 3.8) is 0 Å². The molecule has 1 heterocycles. The molecule has 0 aliphatic rings. The van der Waals surface area contributed by atoms with Crippen molar-refractivity contribution >= 4 is 11.9 Å². The Bertz CT molecular complexity index is 418. The summed E-state index contributed by atoms with van der Waals surface area (Å²) in [6.45, 7) is 2.18. The molecule has 0 radical (unpaired) electrons. The van der Waals surface area contributed by atoms with Crippen LogP contribution in [0, 0.1) is 0 Å². The lowest BCUT2D eigenvalue weighted by molar-refractivity contribution is -0.137. The Kier molecular flexibility index (Phi) is 4.63. The van der Waals surface area contributed by atoms with Crippen molar-refractivity contribution in [1.29, 1.82) is 0 Å². The Balaban J connectivity index is 2.70. The van der Waals surface area contributed by atoms with Gasteiger partial charge in [0.15, 0.2) is 0 Å². The molecular formula is C12H16N2O3. The van der Waals surface area contributed by atoms with E-state index in [-0.39, 0.29) is 18.9 Å². The van der Waals surface area contributed by atoms with Gasteiger partial charge in [0.25, 0.3) is 5.91 Å². The Hall–Kier alpha value is -1.91. The lowest BCUT2D eigenvalue weighted by Gasteiger charge is -2.15. The minimum atomic E-state index is -0.917. The van der Waals surface area contributed by atoms with Gasteiger partial charge in [0.2, 0.25) is 0 Å². The summed E-state index contributed by atoms with van der Waals surface area (Å²) >= 11 is 0. The number of carbonyl (C=O) groups is 2. The molecule has 0 bridgehead atoms. The van der Waals surface area contributed by atoms with Gasteiger partial charge in [0.05, 0.1) is 6.42 Å². The van der Waals surface area contributed by atoms with Gasteiger partial charge in [-0.05, 0) is 24.1 Å². The van der Waals surface area contributed by atoms with E-state index in [1.165, 1.54) is 4.90 Å². The van der Waals surface area contributed by atoms with Crippen LogP contribution in [0.3, 0.4) is 0 Å². The normalized spacial score (nSPS) is 10.0. The van der Waals surface area contributed by atoms with E-state index in [1.54, 1.807) is 19.3 Å². The summed E-state index contributed by atoms with van der Waals surface area (Å²) in [5, 5.41) is 8.54. The maximum absolute atomic E-state index is 11.9. The van der Waals surface area contributed by atoms with Crippen LogP contribution in [0.5, 0.6) is 0 Å². The number of carboxylic acids is 1. The summed E-state index contributed by atoms with van der Waals surface area (Å²) in [5.74, 6) is -1.17. The molecule has 0 saturated carbocycles. The molecule has 1 N–H and O–H groups in total. The summed E-state index contributed by atoms with van der Waals surface area (Å²) in [7, 11) is 1.57. The lowest BCUT2D eigenvalue weighted by atomic mass is 10.2. The van der Waals surface area contributed by atoms with Gasteiger partial charge in [0, 0.05) is 19.8 Å². The average molecular weight is 236 g/mol. The monoisotopic (exact) mass is 236 g/mol. The zero-order chi connectivity index (χ0) is 12.8. The molecule has 1 aromatic rings. The molecule has 5 nitrogen and oxygen atoms in total. The van der Waals surface area contributed by atoms with E-state index < -0.39 is 5.97 Å². The smallest absolute Gasteiger partial charge is 0.305 e. The molecule has 0 spiro atoms. The first-order valence-electron chi connectivity index (χ1n) is 5.46. The van der Waals surface area contributed by atoms with Crippen LogP contribution in [0.4, 0.5) is 0 Å². The predicted molar refractivity (Wildman–Crippen MR) is 62.8 cm³/mol. The van der Waals surface area contributed by atoms with E-state index in [2.05, 4.69) is 4.98 Å². The van der Waals surface area contributed by atoms with Gasteiger partial charge in [-0.2, -0.15) is 0 Å². The number of carbonyl (C=O) groups excluding carboxylic acids is 1. The molecule has 0 aliphatic carbocycles. The number of aromatic nitrogens is 1. The molecule has 1 amide bonds. The maximum atomic E-state index is 11.9. The highest BCUT2D eigenvalue weighted by Gasteiger charge is 2.14. The number of aliphatic carboxylic acids is 1. The Morgan fingerprint density at radius 3 is 2.76 bits per heavy atom. The topological polar surface area (TPSA) is 70.5 Å². The molecule has 0 unspecified atom stereocenters. The summed E-state index contributed by atoms with van der Waals surface area (Å²) in [5.41, 5.74) is 1.40. The van der Waals surface area contributed by atoms with E-state index in [0.717, 1.165) is 12.0 Å². The second-order valence-corrected chi connectivity index (χ2v) is 3.77. The standard InChI is InChI=1S/C12H16N2O3/c1-3-9-4-6-13-10(8-9)12(17)14(2)7-5-11(15)16/h4,6,8H,3,5,7H2,1-2H3,(H,15,16). The Morgan fingerprint density at radius 1 is 1.47 bits per heavy atom. The van der Waals surface area contributed by atoms with Gasteiger partial charge in [-0.1, -0.05) is 6.92 Å². The van der Waals surface area contributed by atoms with Crippen LogP contribution in [-0.2, 0) is 11.2 Å². The molecule has 0 saturated heterocycles. The third-order valence-electron chi connectivity index (χ3n) is 2.46. The summed E-state index contributed by atoms with van der Waals surface area (Å²) in [4.78, 5) is 27.7. The Labute approximate surface area is 100 Å². The van der Waals surface area contributed by atoms with Crippen molar-refractivity contribution in [3.8, 4) is 0 Å². The van der Waals surface area contributed by atoms with Crippen molar-refractivity contribution in [2.75, 3.05) is 13.6 Å². The number of rotatable bonds is 5. The first kappa shape index (κ1) is 13.2. The maximum Gasteiger partial charge on any atom is 0.305 e. The second-order valence-electron chi connectivity index (χ2n) is 3.77. The molecule has 5 heteroatoms. The minimum absolute atomic E-state index is 0.0598. The Morgan fingerprint density at radius 2 is 2.18 bits per heavy atom. The number of aryl methyl sites for hydroxylation is 1. The molecule has 17 heavy (non-hydrogen) atoms.